The summed E-state index contributed by atoms with van der Waals surface area (Å²) in [7, 11) is 0. The Hall–Kier alpha value is -5.25. The minimum Gasteiger partial charge on any atom is -0.484 e. The first-order chi connectivity index (χ1) is 23.5. The Morgan fingerprint density at radius 1 is 0.583 bits per heavy atom. The molecule has 6 aromatic carbocycles. The molecule has 2 aliphatic carbocycles. The van der Waals surface area contributed by atoms with Crippen LogP contribution in [-0.2, 0) is 5.41 Å². The molecule has 0 spiro atoms. The molecule has 48 heavy (non-hydrogen) atoms. The fraction of sp³-hybridized carbons (Fsp3) is 0.111. The Morgan fingerprint density at radius 2 is 1.15 bits per heavy atom. The highest BCUT2D eigenvalue weighted by Crippen LogP contribution is 2.57. The third kappa shape index (κ3) is 4.57. The van der Waals surface area contributed by atoms with Crippen LogP contribution in [0.15, 0.2) is 162 Å². The summed E-state index contributed by atoms with van der Waals surface area (Å²) in [5.74, 6) is 1.22. The molecular weight excluding hydrogens is 603 g/mol. The summed E-state index contributed by atoms with van der Waals surface area (Å²) in [5.41, 5.74) is 15.6. The summed E-state index contributed by atoms with van der Waals surface area (Å²) in [4.78, 5) is 0.987. The van der Waals surface area contributed by atoms with E-state index in [1.807, 2.05) is 6.07 Å². The second kappa shape index (κ2) is 11.2. The van der Waals surface area contributed by atoms with Gasteiger partial charge in [0.1, 0.15) is 11.9 Å². The fourth-order valence-electron chi connectivity index (χ4n) is 7.94. The van der Waals surface area contributed by atoms with Crippen LogP contribution < -0.4 is 10.1 Å². The molecule has 6 aromatic rings. The molecule has 1 aliphatic heterocycles. The monoisotopic (exact) mass is 637 g/mol. The van der Waals surface area contributed by atoms with E-state index < -0.39 is 0 Å². The molecule has 0 saturated carbocycles. The average Bonchev–Trinajstić information content (AvgIpc) is 3.62. The molecule has 1 unspecified atom stereocenters. The van der Waals surface area contributed by atoms with Crippen LogP contribution in [0, 0.1) is 0 Å². The smallest absolute Gasteiger partial charge is 0.135 e. The van der Waals surface area contributed by atoms with Crippen molar-refractivity contribution in [3.8, 4) is 39.1 Å². The molecule has 0 saturated heterocycles. The molecule has 0 bridgehead atoms. The number of thiol groups is 1. The normalized spacial score (nSPS) is 18.1. The van der Waals surface area contributed by atoms with E-state index >= 15 is 0 Å². The molecule has 2 nitrogen and oxygen atoms in total. The third-order valence-electron chi connectivity index (χ3n) is 10.4. The maximum atomic E-state index is 6.94. The lowest BCUT2D eigenvalue weighted by Gasteiger charge is -2.27. The van der Waals surface area contributed by atoms with Crippen LogP contribution in [0.25, 0.3) is 39.0 Å². The van der Waals surface area contributed by atoms with E-state index in [0.29, 0.717) is 0 Å². The molecule has 0 aromatic heterocycles. The summed E-state index contributed by atoms with van der Waals surface area (Å²) in [6.45, 7) is 4.66. The number of allylic oxidation sites excluding steroid dienone is 2. The van der Waals surface area contributed by atoms with E-state index in [0.717, 1.165) is 49.8 Å². The molecule has 1 heterocycles. The number of nitrogens with one attached hydrogen (secondary N) is 1. The van der Waals surface area contributed by atoms with Gasteiger partial charge in [0.05, 0.1) is 0 Å². The Balaban J connectivity index is 0.954. The van der Waals surface area contributed by atoms with Crippen molar-refractivity contribution >= 4 is 29.6 Å². The number of hydrogen-bond acceptors (Lipinski definition) is 3. The minimum atomic E-state index is -0.0273. The van der Waals surface area contributed by atoms with Gasteiger partial charge in [-0.05, 0) is 68.8 Å². The van der Waals surface area contributed by atoms with Crippen LogP contribution >= 0.6 is 12.6 Å². The largest absolute Gasteiger partial charge is 0.484 e. The number of ether oxygens (including phenoxy) is 1. The molecule has 232 valence electrons. The van der Waals surface area contributed by atoms with Crippen LogP contribution in [0.3, 0.4) is 0 Å². The molecule has 9 rings (SSSR count). The Bertz CT molecular complexity index is 2260. The zero-order valence-corrected chi connectivity index (χ0v) is 27.8. The van der Waals surface area contributed by atoms with Gasteiger partial charge >= 0.3 is 0 Å². The number of benzene rings is 6. The quantitative estimate of drug-likeness (QED) is 0.184. The van der Waals surface area contributed by atoms with Crippen LogP contribution in [0.5, 0.6) is 5.75 Å². The highest BCUT2D eigenvalue weighted by atomic mass is 32.1. The minimum absolute atomic E-state index is 0.00701. The zero-order chi connectivity index (χ0) is 32.4. The molecule has 0 radical (unpaired) electrons. The number of hydrogen-bond donors (Lipinski definition) is 2. The van der Waals surface area contributed by atoms with Crippen molar-refractivity contribution in [2.75, 3.05) is 5.32 Å². The zero-order valence-electron chi connectivity index (χ0n) is 26.9. The van der Waals surface area contributed by atoms with Crippen LogP contribution in [0.2, 0.25) is 0 Å². The fourth-order valence-corrected chi connectivity index (χ4v) is 8.34. The second-order valence-electron chi connectivity index (χ2n) is 13.5. The van der Waals surface area contributed by atoms with E-state index in [-0.39, 0.29) is 17.4 Å². The maximum Gasteiger partial charge on any atom is 0.135 e. The highest BCUT2D eigenvalue weighted by Gasteiger charge is 2.47. The van der Waals surface area contributed by atoms with Crippen molar-refractivity contribution in [1.29, 1.82) is 0 Å². The van der Waals surface area contributed by atoms with Crippen molar-refractivity contribution in [2.45, 2.75) is 36.2 Å². The first-order valence-corrected chi connectivity index (χ1v) is 17.1. The Labute approximate surface area is 287 Å². The lowest BCUT2D eigenvalue weighted by molar-refractivity contribution is 0.278. The molecular formula is C45H35NOS. The van der Waals surface area contributed by atoms with Crippen LogP contribution in [-0.4, -0.2) is 6.10 Å². The summed E-state index contributed by atoms with van der Waals surface area (Å²) < 4.78 is 6.94. The van der Waals surface area contributed by atoms with Gasteiger partial charge in [-0.1, -0.05) is 141 Å². The van der Waals surface area contributed by atoms with E-state index in [4.69, 9.17) is 17.4 Å². The summed E-state index contributed by atoms with van der Waals surface area (Å²) in [5, 5.41) is 3.58. The Morgan fingerprint density at radius 3 is 1.85 bits per heavy atom. The number of rotatable bonds is 5. The first-order valence-electron chi connectivity index (χ1n) is 16.6. The van der Waals surface area contributed by atoms with Crippen LogP contribution in [0.4, 0.5) is 11.4 Å². The van der Waals surface area contributed by atoms with E-state index in [2.05, 4.69) is 165 Å². The summed E-state index contributed by atoms with van der Waals surface area (Å²) >= 11 is 4.93. The Kier molecular flexibility index (Phi) is 6.74. The third-order valence-corrected chi connectivity index (χ3v) is 10.9. The summed E-state index contributed by atoms with van der Waals surface area (Å²) in [6.07, 6.45) is 4.71. The summed E-state index contributed by atoms with van der Waals surface area (Å²) in [6, 6.07) is 49.5. The van der Waals surface area contributed by atoms with Gasteiger partial charge in [0, 0.05) is 44.3 Å². The lowest BCUT2D eigenvalue weighted by atomic mass is 9.77. The first kappa shape index (κ1) is 28.9. The van der Waals surface area contributed by atoms with Crippen molar-refractivity contribution in [2.24, 2.45) is 0 Å². The second-order valence-corrected chi connectivity index (χ2v) is 13.9. The van der Waals surface area contributed by atoms with Crippen LogP contribution in [0.1, 0.15) is 36.5 Å². The van der Waals surface area contributed by atoms with Crippen molar-refractivity contribution in [3.05, 3.63) is 174 Å². The molecule has 0 fully saturated rings. The van der Waals surface area contributed by atoms with E-state index in [1.54, 1.807) is 0 Å². The standard InChI is InChI=1S/C45H35NOS/c1-45(2)39-17-7-6-12-38(39)41-40(45)27-26-37-36-16-8-13-33(42(36)47-43(37)41)29-18-22-31(23-19-29)46-32-24-20-30(21-25-32)35-15-9-14-34(44(35)48)28-10-4-3-5-11-28/h3-27,37,43,46,48H,1-2H3/t37?,43-/m0/s1. The predicted octanol–water partition coefficient (Wildman–Crippen LogP) is 11.9. The van der Waals surface area contributed by atoms with Crippen molar-refractivity contribution in [3.63, 3.8) is 0 Å². The highest BCUT2D eigenvalue weighted by molar-refractivity contribution is 7.80. The predicted molar refractivity (Wildman–Crippen MR) is 202 cm³/mol. The van der Waals surface area contributed by atoms with Crippen molar-refractivity contribution < 1.29 is 4.74 Å². The SMILES string of the molecule is CC1(C)C2=C(c3ccccc31)[C@H]1Oc3c(-c4ccc(Nc5ccc(-c6cccc(-c7ccccc7)c6S)cc5)cc4)cccc3C1C=C2. The van der Waals surface area contributed by atoms with Gasteiger partial charge in [-0.2, -0.15) is 0 Å². The number of fused-ring (bicyclic) bond motifs is 6. The molecule has 0 amide bonds. The van der Waals surface area contributed by atoms with Crippen molar-refractivity contribution in [1.82, 2.24) is 0 Å². The lowest BCUT2D eigenvalue weighted by Crippen LogP contribution is -2.24. The molecule has 1 N–H and O–H groups in total. The number of para-hydroxylation sites is 1. The van der Waals surface area contributed by atoms with E-state index in [1.165, 1.54) is 33.4 Å². The van der Waals surface area contributed by atoms with Gasteiger partial charge in [0.2, 0.25) is 0 Å². The van der Waals surface area contributed by atoms with Gasteiger partial charge in [-0.3, -0.25) is 0 Å². The molecule has 2 atom stereocenters. The number of anilines is 2. The molecule has 3 heteroatoms. The van der Waals surface area contributed by atoms with E-state index in [9.17, 15) is 0 Å². The molecule has 3 aliphatic rings. The average molecular weight is 638 g/mol. The van der Waals surface area contributed by atoms with Gasteiger partial charge < -0.3 is 10.1 Å². The maximum absolute atomic E-state index is 6.94. The van der Waals surface area contributed by atoms with Gasteiger partial charge in [0.25, 0.3) is 0 Å². The van der Waals surface area contributed by atoms with Gasteiger partial charge in [-0.15, -0.1) is 12.6 Å². The van der Waals surface area contributed by atoms with Gasteiger partial charge in [-0.25, -0.2) is 0 Å². The topological polar surface area (TPSA) is 21.3 Å². The van der Waals surface area contributed by atoms with Gasteiger partial charge in [0.15, 0.2) is 0 Å².